The quantitative estimate of drug-likeness (QED) is 0.786. The molecule has 0 aromatic carbocycles. The van der Waals surface area contributed by atoms with Crippen LogP contribution in [0.1, 0.15) is 28.9 Å². The molecule has 5 nitrogen and oxygen atoms in total. The van der Waals surface area contributed by atoms with E-state index in [4.69, 9.17) is 4.42 Å². The minimum absolute atomic E-state index is 0.110. The predicted octanol–water partition coefficient (Wildman–Crippen LogP) is 3.40. The summed E-state index contributed by atoms with van der Waals surface area (Å²) in [6.07, 6.45) is 5.48. The molecule has 0 fully saturated rings. The molecule has 0 saturated carbocycles. The Morgan fingerprint density at radius 3 is 2.65 bits per heavy atom. The lowest BCUT2D eigenvalue weighted by Crippen LogP contribution is -2.25. The molecule has 0 aliphatic carbocycles. The van der Waals surface area contributed by atoms with E-state index in [9.17, 15) is 4.79 Å². The number of carbonyl (C=O) groups excluding carboxylic acids is 1. The average molecular weight is 309 g/mol. The highest BCUT2D eigenvalue weighted by atomic mass is 16.3. The van der Waals surface area contributed by atoms with Crippen LogP contribution in [0.2, 0.25) is 0 Å². The molecule has 0 aliphatic heterocycles. The van der Waals surface area contributed by atoms with Gasteiger partial charge in [0.15, 0.2) is 0 Å². The molecule has 0 saturated heterocycles. The molecule has 3 aromatic heterocycles. The lowest BCUT2D eigenvalue weighted by Gasteiger charge is -2.06. The van der Waals surface area contributed by atoms with Gasteiger partial charge in [-0.1, -0.05) is 0 Å². The number of aryl methyl sites for hydroxylation is 2. The summed E-state index contributed by atoms with van der Waals surface area (Å²) in [5.74, 6) is 1.48. The minimum Gasteiger partial charge on any atom is -0.465 e. The van der Waals surface area contributed by atoms with Crippen molar-refractivity contribution in [2.45, 2.75) is 26.9 Å². The number of hydrogen-bond acceptors (Lipinski definition) is 3. The summed E-state index contributed by atoms with van der Waals surface area (Å²) in [6.45, 7) is 5.01. The molecule has 1 N–H and O–H groups in total. The van der Waals surface area contributed by atoms with Crippen LogP contribution in [0.4, 0.5) is 0 Å². The number of amides is 1. The Kier molecular flexibility index (Phi) is 4.28. The standard InChI is InChI=1S/C18H19N3O2/c1-3-21-12-15(14-6-8-19-9-7-14)10-17(21)18(22)20-11-16-5-4-13(2)23-16/h4-10,12H,3,11H2,1-2H3,(H,20,22). The van der Waals surface area contributed by atoms with Gasteiger partial charge in [-0.05, 0) is 49.7 Å². The Morgan fingerprint density at radius 1 is 1.22 bits per heavy atom. The molecule has 0 atom stereocenters. The molecule has 0 radical (unpaired) electrons. The summed E-state index contributed by atoms with van der Waals surface area (Å²) in [6, 6.07) is 9.53. The van der Waals surface area contributed by atoms with Gasteiger partial charge in [0.25, 0.3) is 5.91 Å². The second-order valence-electron chi connectivity index (χ2n) is 5.33. The van der Waals surface area contributed by atoms with Crippen molar-refractivity contribution in [2.75, 3.05) is 0 Å². The maximum Gasteiger partial charge on any atom is 0.268 e. The van der Waals surface area contributed by atoms with Gasteiger partial charge in [-0.25, -0.2) is 0 Å². The Bertz CT molecular complexity index is 803. The first-order valence-corrected chi connectivity index (χ1v) is 7.61. The molecule has 0 unspecified atom stereocenters. The zero-order valence-electron chi connectivity index (χ0n) is 13.2. The van der Waals surface area contributed by atoms with E-state index in [1.54, 1.807) is 12.4 Å². The first-order chi connectivity index (χ1) is 11.2. The van der Waals surface area contributed by atoms with E-state index in [0.717, 1.165) is 29.2 Å². The molecular formula is C18H19N3O2. The molecule has 3 rings (SSSR count). The van der Waals surface area contributed by atoms with Gasteiger partial charge in [0.05, 0.1) is 6.54 Å². The van der Waals surface area contributed by atoms with Crippen LogP contribution in [0.25, 0.3) is 11.1 Å². The van der Waals surface area contributed by atoms with E-state index in [0.29, 0.717) is 12.2 Å². The fourth-order valence-corrected chi connectivity index (χ4v) is 2.50. The number of nitrogens with zero attached hydrogens (tertiary/aromatic N) is 2. The van der Waals surface area contributed by atoms with Crippen molar-refractivity contribution >= 4 is 5.91 Å². The topological polar surface area (TPSA) is 60.1 Å². The molecule has 23 heavy (non-hydrogen) atoms. The van der Waals surface area contributed by atoms with E-state index in [1.165, 1.54) is 0 Å². The van der Waals surface area contributed by atoms with E-state index in [-0.39, 0.29) is 5.91 Å². The highest BCUT2D eigenvalue weighted by Gasteiger charge is 2.14. The number of nitrogens with one attached hydrogen (secondary N) is 1. The van der Waals surface area contributed by atoms with Crippen LogP contribution in [-0.4, -0.2) is 15.5 Å². The molecule has 0 aliphatic rings. The van der Waals surface area contributed by atoms with Gasteiger partial charge < -0.3 is 14.3 Å². The summed E-state index contributed by atoms with van der Waals surface area (Å²) in [5, 5.41) is 2.90. The van der Waals surface area contributed by atoms with Crippen LogP contribution in [0.15, 0.2) is 53.3 Å². The van der Waals surface area contributed by atoms with Gasteiger partial charge in [-0.3, -0.25) is 9.78 Å². The third-order valence-corrected chi connectivity index (χ3v) is 3.70. The summed E-state index contributed by atoms with van der Waals surface area (Å²) in [5.41, 5.74) is 2.69. The van der Waals surface area contributed by atoms with Crippen LogP contribution in [0, 0.1) is 6.92 Å². The maximum absolute atomic E-state index is 12.5. The van der Waals surface area contributed by atoms with Gasteiger partial charge in [0.2, 0.25) is 0 Å². The fraction of sp³-hybridized carbons (Fsp3) is 0.222. The largest absolute Gasteiger partial charge is 0.465 e. The highest BCUT2D eigenvalue weighted by Crippen LogP contribution is 2.21. The van der Waals surface area contributed by atoms with E-state index in [1.807, 2.05) is 54.9 Å². The third-order valence-electron chi connectivity index (χ3n) is 3.70. The van der Waals surface area contributed by atoms with Crippen molar-refractivity contribution in [3.63, 3.8) is 0 Å². The SMILES string of the molecule is CCn1cc(-c2ccncc2)cc1C(=O)NCc1ccc(C)o1. The molecule has 118 valence electrons. The van der Waals surface area contributed by atoms with Crippen LogP contribution < -0.4 is 5.32 Å². The zero-order valence-corrected chi connectivity index (χ0v) is 13.2. The van der Waals surface area contributed by atoms with E-state index < -0.39 is 0 Å². The molecule has 5 heteroatoms. The molecule has 1 amide bonds. The fourth-order valence-electron chi connectivity index (χ4n) is 2.50. The normalized spacial score (nSPS) is 10.7. The van der Waals surface area contributed by atoms with Crippen LogP contribution in [-0.2, 0) is 13.1 Å². The molecule has 3 aromatic rings. The second kappa shape index (κ2) is 6.52. The minimum atomic E-state index is -0.110. The summed E-state index contributed by atoms with van der Waals surface area (Å²) < 4.78 is 7.42. The number of furan rings is 1. The second-order valence-corrected chi connectivity index (χ2v) is 5.33. The van der Waals surface area contributed by atoms with Crippen molar-refractivity contribution in [1.29, 1.82) is 0 Å². The molecule has 0 bridgehead atoms. The van der Waals surface area contributed by atoms with Crippen molar-refractivity contribution in [3.8, 4) is 11.1 Å². The zero-order chi connectivity index (χ0) is 16.2. The van der Waals surface area contributed by atoms with E-state index >= 15 is 0 Å². The summed E-state index contributed by atoms with van der Waals surface area (Å²) >= 11 is 0. The summed E-state index contributed by atoms with van der Waals surface area (Å²) in [7, 11) is 0. The first kappa shape index (κ1) is 15.1. The van der Waals surface area contributed by atoms with Gasteiger partial charge in [-0.15, -0.1) is 0 Å². The van der Waals surface area contributed by atoms with E-state index in [2.05, 4.69) is 10.3 Å². The number of rotatable bonds is 5. The monoisotopic (exact) mass is 309 g/mol. The van der Waals surface area contributed by atoms with Crippen molar-refractivity contribution in [1.82, 2.24) is 14.9 Å². The Labute approximate surface area is 135 Å². The Hall–Kier alpha value is -2.82. The van der Waals surface area contributed by atoms with Crippen LogP contribution in [0.5, 0.6) is 0 Å². The summed E-state index contributed by atoms with van der Waals surface area (Å²) in [4.78, 5) is 16.5. The van der Waals surface area contributed by atoms with Crippen LogP contribution >= 0.6 is 0 Å². The highest BCUT2D eigenvalue weighted by molar-refractivity contribution is 5.94. The van der Waals surface area contributed by atoms with Gasteiger partial charge >= 0.3 is 0 Å². The van der Waals surface area contributed by atoms with Crippen molar-refractivity contribution in [3.05, 3.63) is 66.1 Å². The van der Waals surface area contributed by atoms with Gasteiger partial charge in [-0.2, -0.15) is 0 Å². The lowest BCUT2D eigenvalue weighted by molar-refractivity contribution is 0.0938. The third kappa shape index (κ3) is 3.34. The smallest absolute Gasteiger partial charge is 0.268 e. The Balaban J connectivity index is 1.78. The number of pyridine rings is 1. The van der Waals surface area contributed by atoms with Gasteiger partial charge in [0, 0.05) is 30.7 Å². The van der Waals surface area contributed by atoms with Crippen molar-refractivity contribution in [2.24, 2.45) is 0 Å². The average Bonchev–Trinajstić information content (AvgIpc) is 3.19. The van der Waals surface area contributed by atoms with Crippen molar-refractivity contribution < 1.29 is 9.21 Å². The maximum atomic E-state index is 12.5. The molecule has 0 spiro atoms. The number of carbonyl (C=O) groups is 1. The van der Waals surface area contributed by atoms with Gasteiger partial charge in [0.1, 0.15) is 17.2 Å². The lowest BCUT2D eigenvalue weighted by atomic mass is 10.1. The Morgan fingerprint density at radius 2 is 2.00 bits per heavy atom. The number of aromatic nitrogens is 2. The molecular weight excluding hydrogens is 290 g/mol. The number of hydrogen-bond donors (Lipinski definition) is 1. The van der Waals surface area contributed by atoms with Crippen LogP contribution in [0.3, 0.4) is 0 Å². The first-order valence-electron chi connectivity index (χ1n) is 7.61. The molecule has 3 heterocycles. The predicted molar refractivity (Wildman–Crippen MR) is 88.0 cm³/mol.